The van der Waals surface area contributed by atoms with Crippen molar-refractivity contribution in [2.75, 3.05) is 5.73 Å². The van der Waals surface area contributed by atoms with E-state index in [0.29, 0.717) is 0 Å². The Morgan fingerprint density at radius 3 is 2.50 bits per heavy atom. The van der Waals surface area contributed by atoms with Gasteiger partial charge in [0.2, 0.25) is 0 Å². The minimum absolute atomic E-state index is 0.782. The number of fused-ring (bicyclic) bond motifs is 1. The monoisotopic (exact) mass is 256 g/mol. The number of rotatable bonds is 2. The zero-order valence-electron chi connectivity index (χ0n) is 9.87. The first kappa shape index (κ1) is 11.1. The molecule has 3 aromatic rings. The number of hydrogen-bond donors (Lipinski definition) is 1. The van der Waals surface area contributed by atoms with Crippen LogP contribution in [-0.4, -0.2) is 14.6 Å². The molecule has 0 saturated carbocycles. The third-order valence-electron chi connectivity index (χ3n) is 2.66. The molecule has 90 valence electrons. The number of aryl methyl sites for hydroxylation is 1. The van der Waals surface area contributed by atoms with E-state index in [2.05, 4.69) is 10.2 Å². The molecule has 0 spiro atoms. The fourth-order valence-electron chi connectivity index (χ4n) is 1.72. The van der Waals surface area contributed by atoms with Crippen LogP contribution in [0.15, 0.2) is 52.4 Å². The van der Waals surface area contributed by atoms with E-state index in [9.17, 15) is 0 Å². The number of pyridine rings is 1. The predicted octanol–water partition coefficient (Wildman–Crippen LogP) is 2.77. The first-order chi connectivity index (χ1) is 8.72. The van der Waals surface area contributed by atoms with E-state index in [1.165, 1.54) is 0 Å². The van der Waals surface area contributed by atoms with E-state index in [4.69, 9.17) is 5.73 Å². The van der Waals surface area contributed by atoms with Crippen LogP contribution in [0.3, 0.4) is 0 Å². The minimum Gasteiger partial charge on any atom is -0.399 e. The van der Waals surface area contributed by atoms with Gasteiger partial charge in [0, 0.05) is 21.7 Å². The summed E-state index contributed by atoms with van der Waals surface area (Å²) in [6.07, 6.45) is 2.05. The second-order valence-corrected chi connectivity index (χ2v) is 5.16. The molecule has 0 aliphatic carbocycles. The van der Waals surface area contributed by atoms with Crippen molar-refractivity contribution in [2.24, 2.45) is 0 Å². The fraction of sp³-hybridized carbons (Fsp3) is 0.0769. The summed E-state index contributed by atoms with van der Waals surface area (Å²) < 4.78 is 1.99. The Morgan fingerprint density at radius 1 is 1.00 bits per heavy atom. The van der Waals surface area contributed by atoms with Crippen LogP contribution >= 0.6 is 11.8 Å². The molecule has 0 amide bonds. The van der Waals surface area contributed by atoms with Crippen LogP contribution in [-0.2, 0) is 0 Å². The summed E-state index contributed by atoms with van der Waals surface area (Å²) in [5, 5.41) is 8.11. The van der Waals surface area contributed by atoms with Gasteiger partial charge in [0.1, 0.15) is 5.82 Å². The third-order valence-corrected chi connectivity index (χ3v) is 3.65. The molecule has 0 unspecified atom stereocenters. The highest BCUT2D eigenvalue weighted by Crippen LogP contribution is 2.28. The molecule has 0 fully saturated rings. The second kappa shape index (κ2) is 4.34. The molecule has 4 nitrogen and oxygen atoms in total. The van der Waals surface area contributed by atoms with Crippen molar-refractivity contribution < 1.29 is 0 Å². The fourth-order valence-corrected chi connectivity index (χ4v) is 2.56. The van der Waals surface area contributed by atoms with E-state index in [1.54, 1.807) is 11.8 Å². The minimum atomic E-state index is 0.782. The van der Waals surface area contributed by atoms with E-state index < -0.39 is 0 Å². The molecule has 0 atom stereocenters. The molecule has 0 aliphatic rings. The molecule has 2 aromatic heterocycles. The molecular formula is C13H12N4S. The van der Waals surface area contributed by atoms with E-state index in [0.717, 1.165) is 26.9 Å². The number of nitrogens with two attached hydrogens (primary N) is 1. The summed E-state index contributed by atoms with van der Waals surface area (Å²) in [5.74, 6) is 0.893. The Kier molecular flexibility index (Phi) is 2.68. The summed E-state index contributed by atoms with van der Waals surface area (Å²) in [5.41, 5.74) is 7.32. The summed E-state index contributed by atoms with van der Waals surface area (Å²) in [6.45, 7) is 1.94. The largest absolute Gasteiger partial charge is 0.399 e. The maximum Gasteiger partial charge on any atom is 0.160 e. The maximum atomic E-state index is 5.67. The van der Waals surface area contributed by atoms with Crippen LogP contribution in [0.1, 0.15) is 5.82 Å². The van der Waals surface area contributed by atoms with Crippen LogP contribution in [0.5, 0.6) is 0 Å². The molecule has 0 aliphatic heterocycles. The van der Waals surface area contributed by atoms with Crippen LogP contribution < -0.4 is 5.73 Å². The topological polar surface area (TPSA) is 56.2 Å². The van der Waals surface area contributed by atoms with Crippen LogP contribution in [0, 0.1) is 6.92 Å². The van der Waals surface area contributed by atoms with Gasteiger partial charge < -0.3 is 5.73 Å². The number of nitrogens with zero attached hydrogens (tertiary/aromatic N) is 3. The van der Waals surface area contributed by atoms with E-state index >= 15 is 0 Å². The van der Waals surface area contributed by atoms with Crippen LogP contribution in [0.25, 0.3) is 5.65 Å². The lowest BCUT2D eigenvalue weighted by Crippen LogP contribution is -1.88. The SMILES string of the molecule is Cc1nnc2ccc(Sc3ccc(N)cc3)cn12. The zero-order valence-corrected chi connectivity index (χ0v) is 10.7. The second-order valence-electron chi connectivity index (χ2n) is 4.01. The number of benzene rings is 1. The number of nitrogen functional groups attached to an aromatic ring is 1. The average molecular weight is 256 g/mol. The smallest absolute Gasteiger partial charge is 0.160 e. The summed E-state index contributed by atoms with van der Waals surface area (Å²) in [6, 6.07) is 11.9. The van der Waals surface area contributed by atoms with Crippen molar-refractivity contribution in [3.8, 4) is 0 Å². The van der Waals surface area contributed by atoms with Crippen molar-refractivity contribution in [3.63, 3.8) is 0 Å². The molecule has 18 heavy (non-hydrogen) atoms. The van der Waals surface area contributed by atoms with Crippen molar-refractivity contribution in [3.05, 3.63) is 48.4 Å². The summed E-state index contributed by atoms with van der Waals surface area (Å²) in [4.78, 5) is 2.31. The molecule has 5 heteroatoms. The summed E-state index contributed by atoms with van der Waals surface area (Å²) in [7, 11) is 0. The van der Waals surface area contributed by atoms with Gasteiger partial charge in [-0.15, -0.1) is 10.2 Å². The van der Waals surface area contributed by atoms with Gasteiger partial charge in [-0.3, -0.25) is 4.40 Å². The molecule has 2 N–H and O–H groups in total. The molecule has 0 bridgehead atoms. The lowest BCUT2D eigenvalue weighted by atomic mass is 10.3. The van der Waals surface area contributed by atoms with E-state index in [-0.39, 0.29) is 0 Å². The van der Waals surface area contributed by atoms with Crippen LogP contribution in [0.2, 0.25) is 0 Å². The van der Waals surface area contributed by atoms with Gasteiger partial charge in [0.15, 0.2) is 5.65 Å². The van der Waals surface area contributed by atoms with Crippen molar-refractivity contribution >= 4 is 23.1 Å². The zero-order chi connectivity index (χ0) is 12.5. The molecule has 0 radical (unpaired) electrons. The standard InChI is InChI=1S/C13H12N4S/c1-9-15-16-13-7-6-12(8-17(9)13)18-11-4-2-10(14)3-5-11/h2-8H,14H2,1H3. The average Bonchev–Trinajstić information content (AvgIpc) is 2.74. The first-order valence-electron chi connectivity index (χ1n) is 5.57. The van der Waals surface area contributed by atoms with Gasteiger partial charge in [0.05, 0.1) is 0 Å². The lowest BCUT2D eigenvalue weighted by Gasteiger charge is -2.03. The third kappa shape index (κ3) is 2.04. The van der Waals surface area contributed by atoms with Crippen molar-refractivity contribution in [2.45, 2.75) is 16.7 Å². The summed E-state index contributed by atoms with van der Waals surface area (Å²) >= 11 is 1.69. The Morgan fingerprint density at radius 2 is 1.72 bits per heavy atom. The Labute approximate surface area is 109 Å². The highest BCUT2D eigenvalue weighted by Gasteiger charge is 2.03. The quantitative estimate of drug-likeness (QED) is 0.716. The Hall–Kier alpha value is -2.01. The van der Waals surface area contributed by atoms with Gasteiger partial charge in [-0.1, -0.05) is 11.8 Å². The van der Waals surface area contributed by atoms with Gasteiger partial charge in [-0.05, 0) is 43.3 Å². The number of aromatic nitrogens is 3. The van der Waals surface area contributed by atoms with Gasteiger partial charge in [-0.2, -0.15) is 0 Å². The highest BCUT2D eigenvalue weighted by molar-refractivity contribution is 7.99. The van der Waals surface area contributed by atoms with Crippen LogP contribution in [0.4, 0.5) is 5.69 Å². The normalized spacial score (nSPS) is 10.9. The molecule has 2 heterocycles. The maximum absolute atomic E-state index is 5.67. The molecule has 1 aromatic carbocycles. The molecule has 3 rings (SSSR count). The van der Waals surface area contributed by atoms with Crippen molar-refractivity contribution in [1.82, 2.24) is 14.6 Å². The van der Waals surface area contributed by atoms with E-state index in [1.807, 2.05) is 53.9 Å². The first-order valence-corrected chi connectivity index (χ1v) is 6.39. The molecule has 0 saturated heterocycles. The van der Waals surface area contributed by atoms with Gasteiger partial charge in [-0.25, -0.2) is 0 Å². The highest BCUT2D eigenvalue weighted by atomic mass is 32.2. The Balaban J connectivity index is 1.94. The lowest BCUT2D eigenvalue weighted by molar-refractivity contribution is 0.995. The molecular weight excluding hydrogens is 244 g/mol. The predicted molar refractivity (Wildman–Crippen MR) is 72.7 cm³/mol. The van der Waals surface area contributed by atoms with Gasteiger partial charge >= 0.3 is 0 Å². The van der Waals surface area contributed by atoms with Gasteiger partial charge in [0.25, 0.3) is 0 Å². The van der Waals surface area contributed by atoms with Crippen molar-refractivity contribution in [1.29, 1.82) is 0 Å². The number of hydrogen-bond acceptors (Lipinski definition) is 4. The Bertz CT molecular complexity index is 688. The number of anilines is 1.